The number of ether oxygens (including phenoxy) is 2. The van der Waals surface area contributed by atoms with Gasteiger partial charge in [0.2, 0.25) is 0 Å². The molecule has 1 aromatic rings. The molecule has 0 saturated carbocycles. The fourth-order valence-corrected chi connectivity index (χ4v) is 2.00. The summed E-state index contributed by atoms with van der Waals surface area (Å²) in [7, 11) is 0. The van der Waals surface area contributed by atoms with E-state index in [9.17, 15) is 19.5 Å². The van der Waals surface area contributed by atoms with Gasteiger partial charge in [-0.2, -0.15) is 0 Å². The van der Waals surface area contributed by atoms with Crippen LogP contribution < -0.4 is 17.0 Å². The van der Waals surface area contributed by atoms with Crippen molar-refractivity contribution in [3.8, 4) is 0 Å². The average Bonchev–Trinajstić information content (AvgIpc) is 2.72. The number of aromatic nitrogens is 2. The largest absolute Gasteiger partial charge is 0.447 e. The van der Waals surface area contributed by atoms with Gasteiger partial charge in [-0.3, -0.25) is 14.3 Å². The first-order valence-electron chi connectivity index (χ1n) is 5.96. The summed E-state index contributed by atoms with van der Waals surface area (Å²) in [6, 6.07) is 0. The molecular formula is C11H15N3O6. The molecule has 1 saturated heterocycles. The summed E-state index contributed by atoms with van der Waals surface area (Å²) in [4.78, 5) is 35.6. The van der Waals surface area contributed by atoms with Crippen LogP contribution in [0.1, 0.15) is 18.2 Å². The van der Waals surface area contributed by atoms with Gasteiger partial charge in [0, 0.05) is 18.2 Å². The Bertz CT molecular complexity index is 621. The summed E-state index contributed by atoms with van der Waals surface area (Å²) < 4.78 is 11.2. The number of rotatable bonds is 3. The molecule has 110 valence electrons. The second kappa shape index (κ2) is 5.47. The van der Waals surface area contributed by atoms with Crippen molar-refractivity contribution in [1.29, 1.82) is 0 Å². The number of carbonyl (C=O) groups excluding carboxylic acids is 1. The maximum atomic E-state index is 11.7. The minimum Gasteiger partial charge on any atom is -0.447 e. The highest BCUT2D eigenvalue weighted by atomic mass is 16.6. The van der Waals surface area contributed by atoms with Gasteiger partial charge in [0.15, 0.2) is 0 Å². The second-order valence-electron chi connectivity index (χ2n) is 4.54. The van der Waals surface area contributed by atoms with Gasteiger partial charge in [0.05, 0.1) is 6.10 Å². The molecule has 0 bridgehead atoms. The summed E-state index contributed by atoms with van der Waals surface area (Å²) >= 11 is 0. The van der Waals surface area contributed by atoms with E-state index in [2.05, 4.69) is 9.72 Å². The van der Waals surface area contributed by atoms with Crippen LogP contribution in [0.15, 0.2) is 15.8 Å². The second-order valence-corrected chi connectivity index (χ2v) is 4.54. The van der Waals surface area contributed by atoms with Gasteiger partial charge in [-0.05, 0) is 6.92 Å². The van der Waals surface area contributed by atoms with Crippen molar-refractivity contribution >= 4 is 6.09 Å². The van der Waals surface area contributed by atoms with Gasteiger partial charge in [0.25, 0.3) is 5.56 Å². The number of hydrogen-bond donors (Lipinski definition) is 3. The molecule has 0 aromatic carbocycles. The van der Waals surface area contributed by atoms with Crippen LogP contribution in [0.5, 0.6) is 0 Å². The molecule has 2 heterocycles. The summed E-state index contributed by atoms with van der Waals surface area (Å²) in [6.45, 7) is 1.35. The number of nitrogens with zero attached hydrogens (tertiary/aromatic N) is 1. The van der Waals surface area contributed by atoms with Crippen molar-refractivity contribution in [3.63, 3.8) is 0 Å². The Labute approximate surface area is 112 Å². The van der Waals surface area contributed by atoms with E-state index < -0.39 is 35.8 Å². The van der Waals surface area contributed by atoms with Gasteiger partial charge in [-0.25, -0.2) is 9.59 Å². The number of aromatic amines is 1. The molecule has 20 heavy (non-hydrogen) atoms. The van der Waals surface area contributed by atoms with Crippen LogP contribution in [0.25, 0.3) is 0 Å². The van der Waals surface area contributed by atoms with E-state index in [1.165, 1.54) is 10.8 Å². The smallest absolute Gasteiger partial charge is 0.404 e. The molecule has 0 radical (unpaired) electrons. The monoisotopic (exact) mass is 285 g/mol. The van der Waals surface area contributed by atoms with E-state index in [4.69, 9.17) is 10.5 Å². The number of nitrogens with one attached hydrogen (secondary N) is 1. The number of nitrogens with two attached hydrogens (primary N) is 1. The molecule has 9 nitrogen and oxygen atoms in total. The Morgan fingerprint density at radius 2 is 2.35 bits per heavy atom. The summed E-state index contributed by atoms with van der Waals surface area (Å²) in [5.41, 5.74) is 4.07. The maximum absolute atomic E-state index is 11.7. The Balaban J connectivity index is 2.16. The van der Waals surface area contributed by atoms with E-state index in [1.54, 1.807) is 6.92 Å². The van der Waals surface area contributed by atoms with E-state index in [1.807, 2.05) is 0 Å². The van der Waals surface area contributed by atoms with E-state index in [-0.39, 0.29) is 13.0 Å². The van der Waals surface area contributed by atoms with Gasteiger partial charge in [-0.15, -0.1) is 0 Å². The van der Waals surface area contributed by atoms with Crippen molar-refractivity contribution in [2.45, 2.75) is 31.8 Å². The Morgan fingerprint density at radius 3 is 3.00 bits per heavy atom. The predicted octanol–water partition coefficient (Wildman–Crippen LogP) is -1.41. The summed E-state index contributed by atoms with van der Waals surface area (Å²) in [5, 5.41) is 9.80. The van der Waals surface area contributed by atoms with Crippen LogP contribution in [0.2, 0.25) is 0 Å². The van der Waals surface area contributed by atoms with Gasteiger partial charge >= 0.3 is 11.8 Å². The molecular weight excluding hydrogens is 270 g/mol. The van der Waals surface area contributed by atoms with E-state index in [0.29, 0.717) is 5.56 Å². The van der Waals surface area contributed by atoms with Crippen LogP contribution in [-0.4, -0.2) is 39.6 Å². The first kappa shape index (κ1) is 14.3. The lowest BCUT2D eigenvalue weighted by Gasteiger charge is -2.15. The first-order chi connectivity index (χ1) is 9.38. The lowest BCUT2D eigenvalue weighted by molar-refractivity contribution is -0.0480. The van der Waals surface area contributed by atoms with Crippen LogP contribution in [0.4, 0.5) is 4.79 Å². The van der Waals surface area contributed by atoms with Crippen LogP contribution >= 0.6 is 0 Å². The molecule has 1 aliphatic rings. The summed E-state index contributed by atoms with van der Waals surface area (Å²) in [5.74, 6) is 0. The molecule has 9 heteroatoms. The minimum absolute atomic E-state index is 0.137. The zero-order valence-corrected chi connectivity index (χ0v) is 10.7. The van der Waals surface area contributed by atoms with Gasteiger partial charge in [-0.1, -0.05) is 0 Å². The van der Waals surface area contributed by atoms with Crippen LogP contribution in [0.3, 0.4) is 0 Å². The number of carbonyl (C=O) groups is 1. The lowest BCUT2D eigenvalue weighted by atomic mass is 10.2. The van der Waals surface area contributed by atoms with Crippen LogP contribution in [-0.2, 0) is 9.47 Å². The normalized spacial score (nSPS) is 25.6. The highest BCUT2D eigenvalue weighted by molar-refractivity contribution is 5.64. The number of aliphatic hydroxyl groups is 1. The van der Waals surface area contributed by atoms with Crippen molar-refractivity contribution < 1.29 is 19.4 Å². The third-order valence-electron chi connectivity index (χ3n) is 3.05. The zero-order valence-electron chi connectivity index (χ0n) is 10.7. The first-order valence-corrected chi connectivity index (χ1v) is 5.96. The van der Waals surface area contributed by atoms with E-state index in [0.717, 1.165) is 0 Å². The molecule has 3 atom stereocenters. The highest BCUT2D eigenvalue weighted by Gasteiger charge is 2.36. The molecule has 0 unspecified atom stereocenters. The Hall–Kier alpha value is -2.13. The van der Waals surface area contributed by atoms with Gasteiger partial charge in [0.1, 0.15) is 18.9 Å². The zero-order chi connectivity index (χ0) is 14.9. The van der Waals surface area contributed by atoms with Crippen molar-refractivity contribution in [1.82, 2.24) is 9.55 Å². The number of aryl methyl sites for hydroxylation is 1. The number of amides is 1. The fraction of sp³-hybridized carbons (Fsp3) is 0.545. The average molecular weight is 285 g/mol. The summed E-state index contributed by atoms with van der Waals surface area (Å²) in [6.07, 6.45) is -1.89. The third-order valence-corrected chi connectivity index (χ3v) is 3.05. The van der Waals surface area contributed by atoms with Crippen molar-refractivity contribution in [2.75, 3.05) is 6.61 Å². The lowest BCUT2D eigenvalue weighted by Crippen LogP contribution is -2.33. The molecule has 1 amide bonds. The number of H-pyrrole nitrogens is 1. The molecule has 1 aliphatic heterocycles. The Kier molecular flexibility index (Phi) is 3.91. The van der Waals surface area contributed by atoms with Crippen molar-refractivity contribution in [3.05, 3.63) is 32.6 Å². The molecule has 0 aliphatic carbocycles. The standard InChI is InChI=1S/C11H15N3O6/c1-5-3-14(11(18)13-9(5)16)8-2-6(15)7(20-8)4-19-10(12)17/h3,6-8,15H,2,4H2,1H3,(H2,12,17)(H,13,16,18)/t6-,7+,8-/m0/s1. The molecule has 1 fully saturated rings. The Morgan fingerprint density at radius 1 is 1.65 bits per heavy atom. The number of hydrogen-bond acceptors (Lipinski definition) is 6. The predicted molar refractivity (Wildman–Crippen MR) is 66.1 cm³/mol. The SMILES string of the molecule is Cc1cn([C@@H]2C[C@H](O)[C@@H](COC(N)=O)O2)c(=O)[nH]c1=O. The van der Waals surface area contributed by atoms with Gasteiger partial charge < -0.3 is 20.3 Å². The number of primary amides is 1. The van der Waals surface area contributed by atoms with Crippen LogP contribution in [0, 0.1) is 6.92 Å². The van der Waals surface area contributed by atoms with Crippen molar-refractivity contribution in [2.24, 2.45) is 5.73 Å². The molecule has 1 aromatic heterocycles. The number of aliphatic hydroxyl groups excluding tert-OH is 1. The maximum Gasteiger partial charge on any atom is 0.404 e. The minimum atomic E-state index is -0.971. The molecule has 4 N–H and O–H groups in total. The third kappa shape index (κ3) is 2.89. The quantitative estimate of drug-likeness (QED) is 0.624. The molecule has 0 spiro atoms. The van der Waals surface area contributed by atoms with E-state index >= 15 is 0 Å². The topological polar surface area (TPSA) is 137 Å². The highest BCUT2D eigenvalue weighted by Crippen LogP contribution is 2.27. The fourth-order valence-electron chi connectivity index (χ4n) is 2.00. The molecule has 2 rings (SSSR count).